The molecule has 108 valence electrons. The minimum Gasteiger partial charge on any atom is -0.384 e. The van der Waals surface area contributed by atoms with Crippen LogP contribution < -0.4 is 0 Å². The first kappa shape index (κ1) is 15.7. The molecule has 1 fully saturated rings. The summed E-state index contributed by atoms with van der Waals surface area (Å²) >= 11 is 0. The minimum atomic E-state index is -4.59. The number of rotatable bonds is 4. The highest BCUT2D eigenvalue weighted by Crippen LogP contribution is 2.31. The lowest BCUT2D eigenvalue weighted by atomic mass is 10.0. The van der Waals surface area contributed by atoms with Gasteiger partial charge in [0.1, 0.15) is 0 Å². The predicted molar refractivity (Wildman–Crippen MR) is 62.3 cm³/mol. The standard InChI is InChI=1S/C12H22F3NO2/c1-11(17,12(13,14)15)9-16-6-4-3-5-10(7-16)8-18-2/h10,17H,3-9H2,1-2H3/t10-,11+/m1/s1. The third-order valence-corrected chi connectivity index (χ3v) is 3.40. The fraction of sp³-hybridized carbons (Fsp3) is 1.00. The van der Waals surface area contributed by atoms with E-state index in [1.165, 1.54) is 0 Å². The third-order valence-electron chi connectivity index (χ3n) is 3.40. The summed E-state index contributed by atoms with van der Waals surface area (Å²) in [6, 6.07) is 0. The van der Waals surface area contributed by atoms with E-state index in [0.717, 1.165) is 26.2 Å². The van der Waals surface area contributed by atoms with Gasteiger partial charge in [-0.3, -0.25) is 4.90 Å². The van der Waals surface area contributed by atoms with E-state index < -0.39 is 11.8 Å². The molecule has 3 nitrogen and oxygen atoms in total. The molecule has 1 heterocycles. The third kappa shape index (κ3) is 4.40. The molecule has 0 radical (unpaired) electrons. The van der Waals surface area contributed by atoms with Crippen LogP contribution in [-0.2, 0) is 4.74 Å². The number of halogens is 3. The van der Waals surface area contributed by atoms with Crippen LogP contribution in [0.5, 0.6) is 0 Å². The van der Waals surface area contributed by atoms with E-state index >= 15 is 0 Å². The summed E-state index contributed by atoms with van der Waals surface area (Å²) in [6.45, 7) is 2.19. The Bertz CT molecular complexity index is 256. The van der Waals surface area contributed by atoms with Gasteiger partial charge in [-0.25, -0.2) is 0 Å². The predicted octanol–water partition coefficient (Wildman–Crippen LogP) is 2.05. The summed E-state index contributed by atoms with van der Waals surface area (Å²) in [5, 5.41) is 9.51. The first-order valence-electron chi connectivity index (χ1n) is 6.26. The van der Waals surface area contributed by atoms with Crippen LogP contribution in [0, 0.1) is 5.92 Å². The molecule has 0 aromatic carbocycles. The zero-order valence-corrected chi connectivity index (χ0v) is 11.0. The van der Waals surface area contributed by atoms with Crippen molar-refractivity contribution < 1.29 is 23.0 Å². The second-order valence-corrected chi connectivity index (χ2v) is 5.32. The van der Waals surface area contributed by atoms with Crippen molar-refractivity contribution >= 4 is 0 Å². The maximum Gasteiger partial charge on any atom is 0.418 e. The fourth-order valence-electron chi connectivity index (χ4n) is 2.36. The quantitative estimate of drug-likeness (QED) is 0.848. The zero-order chi connectivity index (χ0) is 13.8. The van der Waals surface area contributed by atoms with Gasteiger partial charge < -0.3 is 9.84 Å². The lowest BCUT2D eigenvalue weighted by Crippen LogP contribution is -2.52. The summed E-state index contributed by atoms with van der Waals surface area (Å²) in [5.74, 6) is 0.251. The number of methoxy groups -OCH3 is 1. The summed E-state index contributed by atoms with van der Waals surface area (Å²) in [6.07, 6.45) is -1.75. The molecule has 1 aliphatic rings. The largest absolute Gasteiger partial charge is 0.418 e. The van der Waals surface area contributed by atoms with Crippen LogP contribution in [0.2, 0.25) is 0 Å². The molecule has 1 N–H and O–H groups in total. The highest BCUT2D eigenvalue weighted by Gasteiger charge is 2.50. The van der Waals surface area contributed by atoms with Gasteiger partial charge in [0.05, 0.1) is 6.61 Å². The number of β-amino-alcohol motifs (C(OH)–C–C–N with tert-alkyl or cyclic N) is 1. The number of likely N-dealkylation sites (tertiary alicyclic amines) is 1. The van der Waals surface area contributed by atoms with Gasteiger partial charge in [0.25, 0.3) is 0 Å². The Morgan fingerprint density at radius 3 is 2.56 bits per heavy atom. The average molecular weight is 269 g/mol. The van der Waals surface area contributed by atoms with Crippen molar-refractivity contribution in [3.05, 3.63) is 0 Å². The van der Waals surface area contributed by atoms with Crippen molar-refractivity contribution in [2.24, 2.45) is 5.92 Å². The Balaban J connectivity index is 2.59. The molecular weight excluding hydrogens is 247 g/mol. The first-order valence-corrected chi connectivity index (χ1v) is 6.26. The highest BCUT2D eigenvalue weighted by molar-refractivity contribution is 4.86. The molecule has 1 saturated heterocycles. The molecule has 0 unspecified atom stereocenters. The number of hydrogen-bond acceptors (Lipinski definition) is 3. The second-order valence-electron chi connectivity index (χ2n) is 5.32. The van der Waals surface area contributed by atoms with E-state index in [1.807, 2.05) is 0 Å². The molecule has 0 aromatic rings. The van der Waals surface area contributed by atoms with Gasteiger partial charge in [-0.05, 0) is 32.2 Å². The van der Waals surface area contributed by atoms with Gasteiger partial charge in [0, 0.05) is 20.2 Å². The molecule has 18 heavy (non-hydrogen) atoms. The lowest BCUT2D eigenvalue weighted by Gasteiger charge is -2.33. The van der Waals surface area contributed by atoms with Gasteiger partial charge in [0.2, 0.25) is 0 Å². The Morgan fingerprint density at radius 1 is 1.33 bits per heavy atom. The molecular formula is C12H22F3NO2. The van der Waals surface area contributed by atoms with E-state index in [-0.39, 0.29) is 12.5 Å². The summed E-state index contributed by atoms with van der Waals surface area (Å²) in [4.78, 5) is 1.70. The maximum absolute atomic E-state index is 12.6. The van der Waals surface area contributed by atoms with Crippen molar-refractivity contribution in [2.45, 2.75) is 38.0 Å². The molecule has 1 rings (SSSR count). The number of aliphatic hydroxyl groups is 1. The van der Waals surface area contributed by atoms with Crippen LogP contribution in [-0.4, -0.2) is 55.1 Å². The zero-order valence-electron chi connectivity index (χ0n) is 11.0. The monoisotopic (exact) mass is 269 g/mol. The first-order chi connectivity index (χ1) is 8.26. The molecule has 0 spiro atoms. The summed E-state index contributed by atoms with van der Waals surface area (Å²) in [5.41, 5.74) is -2.64. The van der Waals surface area contributed by atoms with Crippen molar-refractivity contribution in [1.82, 2.24) is 4.90 Å². The summed E-state index contributed by atoms with van der Waals surface area (Å²) < 4.78 is 43.0. The number of alkyl halides is 3. The van der Waals surface area contributed by atoms with E-state index in [1.54, 1.807) is 12.0 Å². The van der Waals surface area contributed by atoms with Crippen molar-refractivity contribution in [3.8, 4) is 0 Å². The van der Waals surface area contributed by atoms with Crippen LogP contribution >= 0.6 is 0 Å². The molecule has 0 aromatic heterocycles. The van der Waals surface area contributed by atoms with Gasteiger partial charge >= 0.3 is 6.18 Å². The summed E-state index contributed by atoms with van der Waals surface area (Å²) in [7, 11) is 1.60. The van der Waals surface area contributed by atoms with E-state index in [4.69, 9.17) is 4.74 Å². The fourth-order valence-corrected chi connectivity index (χ4v) is 2.36. The van der Waals surface area contributed by atoms with E-state index in [0.29, 0.717) is 19.7 Å². The van der Waals surface area contributed by atoms with Gasteiger partial charge in [0.15, 0.2) is 5.60 Å². The molecule has 0 aliphatic carbocycles. The molecule has 6 heteroatoms. The van der Waals surface area contributed by atoms with Crippen LogP contribution in [0.1, 0.15) is 26.2 Å². The van der Waals surface area contributed by atoms with Crippen molar-refractivity contribution in [1.29, 1.82) is 0 Å². The van der Waals surface area contributed by atoms with Gasteiger partial charge in [-0.1, -0.05) is 6.42 Å². The van der Waals surface area contributed by atoms with Crippen molar-refractivity contribution in [2.75, 3.05) is 33.4 Å². The van der Waals surface area contributed by atoms with Crippen LogP contribution in [0.4, 0.5) is 13.2 Å². The second kappa shape index (κ2) is 6.21. The van der Waals surface area contributed by atoms with Gasteiger partial charge in [-0.15, -0.1) is 0 Å². The Morgan fingerprint density at radius 2 is 2.00 bits per heavy atom. The Hall–Kier alpha value is -0.330. The smallest absolute Gasteiger partial charge is 0.384 e. The lowest BCUT2D eigenvalue weighted by molar-refractivity contribution is -0.257. The molecule has 0 saturated carbocycles. The number of hydrogen-bond donors (Lipinski definition) is 1. The van der Waals surface area contributed by atoms with Crippen LogP contribution in [0.25, 0.3) is 0 Å². The van der Waals surface area contributed by atoms with Gasteiger partial charge in [-0.2, -0.15) is 13.2 Å². The van der Waals surface area contributed by atoms with Crippen molar-refractivity contribution in [3.63, 3.8) is 0 Å². The number of nitrogens with zero attached hydrogens (tertiary/aromatic N) is 1. The van der Waals surface area contributed by atoms with E-state index in [9.17, 15) is 18.3 Å². The normalized spacial score (nSPS) is 26.7. The van der Waals surface area contributed by atoms with Crippen LogP contribution in [0.15, 0.2) is 0 Å². The SMILES string of the molecule is COC[C@@H]1CCCCN(C[C@](C)(O)C(F)(F)F)C1. The molecule has 0 amide bonds. The highest BCUT2D eigenvalue weighted by atomic mass is 19.4. The molecule has 1 aliphatic heterocycles. The number of ether oxygens (including phenoxy) is 1. The Kier molecular flexibility index (Phi) is 5.43. The molecule has 2 atom stereocenters. The average Bonchev–Trinajstić information content (AvgIpc) is 2.41. The Labute approximate surface area is 106 Å². The molecule has 0 bridgehead atoms. The topological polar surface area (TPSA) is 32.7 Å². The minimum absolute atomic E-state index is 0.251. The van der Waals surface area contributed by atoms with E-state index in [2.05, 4.69) is 0 Å². The maximum atomic E-state index is 12.6. The van der Waals surface area contributed by atoms with Crippen LogP contribution in [0.3, 0.4) is 0 Å².